The fraction of sp³-hybridized carbons (Fsp3) is 1.00. The smallest absolute Gasteiger partial charge is 0.0558 e. The number of β-amino-alcohol motifs (C(OH)–C–C–N with tert-alkyl or cyclic N) is 1. The van der Waals surface area contributed by atoms with Crippen LogP contribution in [0.5, 0.6) is 0 Å². The van der Waals surface area contributed by atoms with Crippen molar-refractivity contribution in [2.45, 2.75) is 19.8 Å². The lowest BCUT2D eigenvalue weighted by Gasteiger charge is -2.46. The summed E-state index contributed by atoms with van der Waals surface area (Å²) in [6, 6.07) is 0. The summed E-state index contributed by atoms with van der Waals surface area (Å²) in [7, 11) is 0. The number of likely N-dealkylation sites (tertiary alicyclic amines) is 2. The first-order valence-corrected chi connectivity index (χ1v) is 6.39. The van der Waals surface area contributed by atoms with Crippen LogP contribution in [-0.2, 0) is 0 Å². The first-order valence-electron chi connectivity index (χ1n) is 6.39. The SMILES string of the molecule is CCN1CC(C2CCCN(CCO)C2)C1. The van der Waals surface area contributed by atoms with Crippen LogP contribution in [0.4, 0.5) is 0 Å². The average molecular weight is 212 g/mol. The first-order chi connectivity index (χ1) is 7.33. The second-order valence-electron chi connectivity index (χ2n) is 5.04. The van der Waals surface area contributed by atoms with Gasteiger partial charge in [-0.05, 0) is 37.8 Å². The molecule has 3 nitrogen and oxygen atoms in total. The Balaban J connectivity index is 1.73. The number of piperidine rings is 1. The van der Waals surface area contributed by atoms with Crippen LogP contribution in [0.1, 0.15) is 19.8 Å². The summed E-state index contributed by atoms with van der Waals surface area (Å²) in [6.45, 7) is 9.70. The molecule has 2 aliphatic rings. The van der Waals surface area contributed by atoms with Crippen LogP contribution in [0.3, 0.4) is 0 Å². The van der Waals surface area contributed by atoms with Gasteiger partial charge in [0.1, 0.15) is 0 Å². The zero-order valence-corrected chi connectivity index (χ0v) is 9.86. The Bertz CT molecular complexity index is 190. The largest absolute Gasteiger partial charge is 0.395 e. The highest BCUT2D eigenvalue weighted by atomic mass is 16.3. The molecule has 1 unspecified atom stereocenters. The van der Waals surface area contributed by atoms with Crippen molar-refractivity contribution in [3.05, 3.63) is 0 Å². The van der Waals surface area contributed by atoms with E-state index in [1.165, 1.54) is 45.6 Å². The molecule has 2 rings (SSSR count). The van der Waals surface area contributed by atoms with Crippen LogP contribution in [0, 0.1) is 11.8 Å². The first kappa shape index (κ1) is 11.4. The van der Waals surface area contributed by atoms with Crippen molar-refractivity contribution >= 4 is 0 Å². The van der Waals surface area contributed by atoms with E-state index < -0.39 is 0 Å². The van der Waals surface area contributed by atoms with E-state index in [-0.39, 0.29) is 0 Å². The van der Waals surface area contributed by atoms with E-state index in [1.54, 1.807) is 0 Å². The molecule has 2 saturated heterocycles. The molecule has 3 heteroatoms. The van der Waals surface area contributed by atoms with Gasteiger partial charge in [0, 0.05) is 26.2 Å². The highest BCUT2D eigenvalue weighted by Crippen LogP contribution is 2.30. The summed E-state index contributed by atoms with van der Waals surface area (Å²) in [6.07, 6.45) is 2.73. The second kappa shape index (κ2) is 5.28. The highest BCUT2D eigenvalue weighted by Gasteiger charge is 2.34. The van der Waals surface area contributed by atoms with Crippen LogP contribution in [0.25, 0.3) is 0 Å². The molecule has 2 aliphatic heterocycles. The van der Waals surface area contributed by atoms with Crippen molar-refractivity contribution in [3.8, 4) is 0 Å². The van der Waals surface area contributed by atoms with E-state index in [0.29, 0.717) is 6.61 Å². The molecular weight excluding hydrogens is 188 g/mol. The van der Waals surface area contributed by atoms with E-state index in [0.717, 1.165) is 18.4 Å². The quantitative estimate of drug-likeness (QED) is 0.741. The van der Waals surface area contributed by atoms with Gasteiger partial charge in [0.25, 0.3) is 0 Å². The van der Waals surface area contributed by atoms with Crippen molar-refractivity contribution in [2.24, 2.45) is 11.8 Å². The van der Waals surface area contributed by atoms with Gasteiger partial charge in [0.15, 0.2) is 0 Å². The topological polar surface area (TPSA) is 26.7 Å². The Morgan fingerprint density at radius 1 is 1.13 bits per heavy atom. The van der Waals surface area contributed by atoms with Crippen LogP contribution >= 0.6 is 0 Å². The maximum Gasteiger partial charge on any atom is 0.0558 e. The Labute approximate surface area is 93.1 Å². The minimum Gasteiger partial charge on any atom is -0.395 e. The summed E-state index contributed by atoms with van der Waals surface area (Å²) in [5.74, 6) is 1.83. The van der Waals surface area contributed by atoms with Gasteiger partial charge in [0.05, 0.1) is 6.61 Å². The molecule has 0 radical (unpaired) electrons. The molecule has 0 aromatic carbocycles. The number of rotatable bonds is 4. The fourth-order valence-electron chi connectivity index (χ4n) is 2.99. The molecule has 0 spiro atoms. The molecule has 1 N–H and O–H groups in total. The minimum atomic E-state index is 0.318. The maximum atomic E-state index is 8.94. The van der Waals surface area contributed by atoms with Crippen LogP contribution in [0.2, 0.25) is 0 Å². The Kier molecular flexibility index (Phi) is 4.00. The summed E-state index contributed by atoms with van der Waals surface area (Å²) in [5, 5.41) is 8.94. The number of hydrogen-bond donors (Lipinski definition) is 1. The van der Waals surface area contributed by atoms with Crippen molar-refractivity contribution in [2.75, 3.05) is 45.9 Å². The molecule has 0 aromatic rings. The monoisotopic (exact) mass is 212 g/mol. The Morgan fingerprint density at radius 3 is 2.53 bits per heavy atom. The summed E-state index contributed by atoms with van der Waals surface area (Å²) in [5.41, 5.74) is 0. The molecule has 0 aliphatic carbocycles. The van der Waals surface area contributed by atoms with Gasteiger partial charge in [0.2, 0.25) is 0 Å². The third kappa shape index (κ3) is 2.71. The highest BCUT2D eigenvalue weighted by molar-refractivity contribution is 4.87. The molecular formula is C12H24N2O. The molecule has 0 aromatic heterocycles. The third-order valence-corrected chi connectivity index (χ3v) is 4.06. The van der Waals surface area contributed by atoms with Gasteiger partial charge in [-0.3, -0.25) is 0 Å². The second-order valence-corrected chi connectivity index (χ2v) is 5.04. The molecule has 2 heterocycles. The van der Waals surface area contributed by atoms with Crippen molar-refractivity contribution in [1.82, 2.24) is 9.80 Å². The van der Waals surface area contributed by atoms with Gasteiger partial charge < -0.3 is 14.9 Å². The number of nitrogens with zero attached hydrogens (tertiary/aromatic N) is 2. The van der Waals surface area contributed by atoms with Gasteiger partial charge >= 0.3 is 0 Å². The van der Waals surface area contributed by atoms with Gasteiger partial charge in [-0.15, -0.1) is 0 Å². The zero-order chi connectivity index (χ0) is 10.7. The molecule has 0 saturated carbocycles. The summed E-state index contributed by atoms with van der Waals surface area (Å²) in [4.78, 5) is 4.96. The minimum absolute atomic E-state index is 0.318. The van der Waals surface area contributed by atoms with Gasteiger partial charge in [-0.25, -0.2) is 0 Å². The molecule has 1 atom stereocenters. The number of hydrogen-bond acceptors (Lipinski definition) is 3. The average Bonchev–Trinajstić information content (AvgIpc) is 2.17. The fourth-order valence-corrected chi connectivity index (χ4v) is 2.99. The van der Waals surface area contributed by atoms with E-state index in [1.807, 2.05) is 0 Å². The molecule has 0 bridgehead atoms. The predicted molar refractivity (Wildman–Crippen MR) is 61.9 cm³/mol. The van der Waals surface area contributed by atoms with E-state index in [2.05, 4.69) is 16.7 Å². The van der Waals surface area contributed by atoms with Crippen molar-refractivity contribution < 1.29 is 5.11 Å². The summed E-state index contributed by atoms with van der Waals surface area (Å²) >= 11 is 0. The van der Waals surface area contributed by atoms with E-state index in [4.69, 9.17) is 5.11 Å². The van der Waals surface area contributed by atoms with Gasteiger partial charge in [-0.1, -0.05) is 6.92 Å². The van der Waals surface area contributed by atoms with Crippen LogP contribution in [-0.4, -0.2) is 60.8 Å². The lowest BCUT2D eigenvalue weighted by atomic mass is 9.80. The summed E-state index contributed by atoms with van der Waals surface area (Å²) < 4.78 is 0. The van der Waals surface area contributed by atoms with E-state index in [9.17, 15) is 0 Å². The predicted octanol–water partition coefficient (Wildman–Crippen LogP) is 0.642. The lowest BCUT2D eigenvalue weighted by Crippen LogP contribution is -2.53. The maximum absolute atomic E-state index is 8.94. The number of aliphatic hydroxyl groups is 1. The van der Waals surface area contributed by atoms with Crippen molar-refractivity contribution in [3.63, 3.8) is 0 Å². The van der Waals surface area contributed by atoms with E-state index >= 15 is 0 Å². The molecule has 0 amide bonds. The van der Waals surface area contributed by atoms with Gasteiger partial charge in [-0.2, -0.15) is 0 Å². The number of aliphatic hydroxyl groups excluding tert-OH is 1. The van der Waals surface area contributed by atoms with Crippen molar-refractivity contribution in [1.29, 1.82) is 0 Å². The Hall–Kier alpha value is -0.120. The lowest BCUT2D eigenvalue weighted by molar-refractivity contribution is 0.0222. The van der Waals surface area contributed by atoms with Crippen LogP contribution < -0.4 is 0 Å². The third-order valence-electron chi connectivity index (χ3n) is 4.06. The van der Waals surface area contributed by atoms with Crippen LogP contribution in [0.15, 0.2) is 0 Å². The molecule has 88 valence electrons. The molecule has 2 fully saturated rings. The zero-order valence-electron chi connectivity index (χ0n) is 9.86. The normalized spacial score (nSPS) is 30.4. The molecule has 15 heavy (non-hydrogen) atoms. The standard InChI is InChI=1S/C12H24N2O/c1-2-13-9-12(10-13)11-4-3-5-14(8-11)6-7-15/h11-12,15H,2-10H2,1H3. The Morgan fingerprint density at radius 2 is 1.87 bits per heavy atom.